The lowest BCUT2D eigenvalue weighted by Gasteiger charge is -2.15. The third kappa shape index (κ3) is 4.35. The van der Waals surface area contributed by atoms with Crippen LogP contribution in [0.5, 0.6) is 0 Å². The summed E-state index contributed by atoms with van der Waals surface area (Å²) in [6.45, 7) is 0. The highest BCUT2D eigenvalue weighted by Gasteiger charge is 2.20. The van der Waals surface area contributed by atoms with Crippen LogP contribution in [0, 0.1) is 5.82 Å². The first-order valence-electron chi connectivity index (χ1n) is 8.36. The summed E-state index contributed by atoms with van der Waals surface area (Å²) >= 11 is 0. The van der Waals surface area contributed by atoms with Crippen molar-refractivity contribution in [2.24, 2.45) is 0 Å². The number of anilines is 2. The molecule has 1 aliphatic carbocycles. The van der Waals surface area contributed by atoms with Gasteiger partial charge in [0.1, 0.15) is 5.82 Å². The van der Waals surface area contributed by atoms with Crippen LogP contribution >= 0.6 is 0 Å². The van der Waals surface area contributed by atoms with Gasteiger partial charge in [-0.1, -0.05) is 37.1 Å². The Morgan fingerprint density at radius 1 is 0.880 bits per heavy atom. The number of para-hydroxylation sites is 2. The maximum atomic E-state index is 13.6. The second-order valence-electron chi connectivity index (χ2n) is 6.06. The van der Waals surface area contributed by atoms with Gasteiger partial charge in [-0.3, -0.25) is 4.79 Å². The largest absolute Gasteiger partial charge is 0.349 e. The number of rotatable bonds is 4. The fourth-order valence-electron chi connectivity index (χ4n) is 2.96. The molecule has 1 aliphatic rings. The van der Waals surface area contributed by atoms with E-state index in [-0.39, 0.29) is 17.6 Å². The molecular formula is C19H20FN3O2. The summed E-state index contributed by atoms with van der Waals surface area (Å²) in [5.41, 5.74) is 0.845. The molecule has 1 saturated carbocycles. The second kappa shape index (κ2) is 7.79. The average Bonchev–Trinajstić information content (AvgIpc) is 3.10. The van der Waals surface area contributed by atoms with Gasteiger partial charge in [-0.05, 0) is 37.1 Å². The molecule has 6 heteroatoms. The number of urea groups is 1. The Labute approximate surface area is 145 Å². The fourth-order valence-corrected chi connectivity index (χ4v) is 2.96. The van der Waals surface area contributed by atoms with Crippen LogP contribution in [0.4, 0.5) is 20.6 Å². The van der Waals surface area contributed by atoms with Gasteiger partial charge in [-0.25, -0.2) is 9.18 Å². The zero-order chi connectivity index (χ0) is 17.6. The Balaban J connectivity index is 1.68. The van der Waals surface area contributed by atoms with Gasteiger partial charge >= 0.3 is 6.03 Å². The number of hydrogen-bond donors (Lipinski definition) is 3. The predicted molar refractivity (Wildman–Crippen MR) is 95.2 cm³/mol. The average molecular weight is 341 g/mol. The van der Waals surface area contributed by atoms with Crippen molar-refractivity contribution in [2.45, 2.75) is 31.7 Å². The number of hydrogen-bond acceptors (Lipinski definition) is 2. The molecule has 130 valence electrons. The third-order valence-electron chi connectivity index (χ3n) is 4.23. The normalized spacial score (nSPS) is 14.1. The Bertz CT molecular complexity index is 773. The van der Waals surface area contributed by atoms with Crippen LogP contribution in [-0.4, -0.2) is 18.0 Å². The molecule has 2 aromatic rings. The molecule has 3 N–H and O–H groups in total. The summed E-state index contributed by atoms with van der Waals surface area (Å²) in [4.78, 5) is 24.6. The van der Waals surface area contributed by atoms with Crippen LogP contribution in [-0.2, 0) is 0 Å². The van der Waals surface area contributed by atoms with Crippen molar-refractivity contribution in [2.75, 3.05) is 10.6 Å². The SMILES string of the molecule is O=C(Nc1ccccc1F)Nc1ccccc1C(=O)NC1CCCC1. The number of carbonyl (C=O) groups excluding carboxylic acids is 2. The van der Waals surface area contributed by atoms with Gasteiger partial charge in [-0.15, -0.1) is 0 Å². The standard InChI is InChI=1S/C19H20FN3O2/c20-15-10-4-6-12-17(15)23-19(25)22-16-11-5-3-9-14(16)18(24)21-13-7-1-2-8-13/h3-6,9-13H,1-2,7-8H2,(H,21,24)(H2,22,23,25). The molecule has 0 aromatic heterocycles. The molecule has 2 aromatic carbocycles. The minimum atomic E-state index is -0.605. The topological polar surface area (TPSA) is 70.2 Å². The van der Waals surface area contributed by atoms with E-state index in [4.69, 9.17) is 0 Å². The van der Waals surface area contributed by atoms with Gasteiger partial charge < -0.3 is 16.0 Å². The summed E-state index contributed by atoms with van der Waals surface area (Å²) in [7, 11) is 0. The summed E-state index contributed by atoms with van der Waals surface area (Å²) in [6, 6.07) is 12.2. The quantitative estimate of drug-likeness (QED) is 0.782. The predicted octanol–water partition coefficient (Wildman–Crippen LogP) is 4.14. The van der Waals surface area contributed by atoms with E-state index in [9.17, 15) is 14.0 Å². The van der Waals surface area contributed by atoms with Gasteiger partial charge in [0.2, 0.25) is 0 Å². The van der Waals surface area contributed by atoms with Crippen molar-refractivity contribution in [1.29, 1.82) is 0 Å². The Morgan fingerprint density at radius 2 is 1.48 bits per heavy atom. The lowest BCUT2D eigenvalue weighted by molar-refractivity contribution is 0.0939. The minimum Gasteiger partial charge on any atom is -0.349 e. The van der Waals surface area contributed by atoms with Crippen molar-refractivity contribution < 1.29 is 14.0 Å². The van der Waals surface area contributed by atoms with E-state index in [1.165, 1.54) is 12.1 Å². The molecule has 1 fully saturated rings. The number of benzene rings is 2. The summed E-state index contributed by atoms with van der Waals surface area (Å²) in [5.74, 6) is -0.737. The van der Waals surface area contributed by atoms with E-state index in [2.05, 4.69) is 16.0 Å². The fraction of sp³-hybridized carbons (Fsp3) is 0.263. The van der Waals surface area contributed by atoms with Crippen LogP contribution in [0.15, 0.2) is 48.5 Å². The van der Waals surface area contributed by atoms with E-state index in [0.29, 0.717) is 11.3 Å². The number of carbonyl (C=O) groups is 2. The van der Waals surface area contributed by atoms with E-state index in [1.54, 1.807) is 36.4 Å². The molecule has 0 unspecified atom stereocenters. The third-order valence-corrected chi connectivity index (χ3v) is 4.23. The first-order chi connectivity index (χ1) is 12.1. The molecule has 0 saturated heterocycles. The van der Waals surface area contributed by atoms with Crippen molar-refractivity contribution >= 4 is 23.3 Å². The number of nitrogens with one attached hydrogen (secondary N) is 3. The zero-order valence-corrected chi connectivity index (χ0v) is 13.7. The van der Waals surface area contributed by atoms with Crippen molar-refractivity contribution in [1.82, 2.24) is 5.32 Å². The zero-order valence-electron chi connectivity index (χ0n) is 13.7. The lowest BCUT2D eigenvalue weighted by Crippen LogP contribution is -2.33. The van der Waals surface area contributed by atoms with Crippen molar-refractivity contribution in [3.05, 3.63) is 59.9 Å². The second-order valence-corrected chi connectivity index (χ2v) is 6.06. The molecule has 0 spiro atoms. The molecule has 0 bridgehead atoms. The summed E-state index contributed by atoms with van der Waals surface area (Å²) < 4.78 is 13.6. The monoisotopic (exact) mass is 341 g/mol. The van der Waals surface area contributed by atoms with Crippen LogP contribution in [0.3, 0.4) is 0 Å². The van der Waals surface area contributed by atoms with Crippen molar-refractivity contribution in [3.63, 3.8) is 0 Å². The summed E-state index contributed by atoms with van der Waals surface area (Å²) in [6.07, 6.45) is 4.20. The van der Waals surface area contributed by atoms with E-state index in [0.717, 1.165) is 25.7 Å². The molecule has 0 heterocycles. The summed E-state index contributed by atoms with van der Waals surface area (Å²) in [5, 5.41) is 8.05. The molecule has 5 nitrogen and oxygen atoms in total. The lowest BCUT2D eigenvalue weighted by atomic mass is 10.1. The highest BCUT2D eigenvalue weighted by molar-refractivity contribution is 6.06. The smallest absolute Gasteiger partial charge is 0.323 e. The molecule has 0 atom stereocenters. The maximum absolute atomic E-state index is 13.6. The highest BCUT2D eigenvalue weighted by Crippen LogP contribution is 2.21. The minimum absolute atomic E-state index is 0.0767. The van der Waals surface area contributed by atoms with E-state index >= 15 is 0 Å². The van der Waals surface area contributed by atoms with Gasteiger partial charge in [0.15, 0.2) is 0 Å². The van der Waals surface area contributed by atoms with Crippen LogP contribution in [0.25, 0.3) is 0 Å². The first-order valence-corrected chi connectivity index (χ1v) is 8.36. The van der Waals surface area contributed by atoms with E-state index in [1.807, 2.05) is 0 Å². The van der Waals surface area contributed by atoms with Gasteiger partial charge in [0, 0.05) is 6.04 Å². The van der Waals surface area contributed by atoms with Crippen LogP contribution in [0.1, 0.15) is 36.0 Å². The van der Waals surface area contributed by atoms with Gasteiger partial charge in [-0.2, -0.15) is 0 Å². The van der Waals surface area contributed by atoms with Crippen LogP contribution < -0.4 is 16.0 Å². The molecule has 3 rings (SSSR count). The van der Waals surface area contributed by atoms with E-state index < -0.39 is 11.8 Å². The first kappa shape index (κ1) is 17.0. The van der Waals surface area contributed by atoms with Crippen LogP contribution in [0.2, 0.25) is 0 Å². The molecule has 3 amide bonds. The van der Waals surface area contributed by atoms with Gasteiger partial charge in [0.05, 0.1) is 16.9 Å². The number of amides is 3. The molecule has 0 aliphatic heterocycles. The molecular weight excluding hydrogens is 321 g/mol. The molecule has 25 heavy (non-hydrogen) atoms. The Kier molecular flexibility index (Phi) is 5.28. The Hall–Kier alpha value is -2.89. The maximum Gasteiger partial charge on any atom is 0.323 e. The van der Waals surface area contributed by atoms with Crippen molar-refractivity contribution in [3.8, 4) is 0 Å². The Morgan fingerprint density at radius 3 is 2.20 bits per heavy atom. The molecule has 0 radical (unpaired) electrons. The highest BCUT2D eigenvalue weighted by atomic mass is 19.1. The number of halogens is 1. The van der Waals surface area contributed by atoms with Gasteiger partial charge in [0.25, 0.3) is 5.91 Å².